The zero-order valence-corrected chi connectivity index (χ0v) is 18.9. The summed E-state index contributed by atoms with van der Waals surface area (Å²) in [7, 11) is 1.13. The first-order chi connectivity index (χ1) is 17.0. The van der Waals surface area contributed by atoms with Crippen LogP contribution in [0.5, 0.6) is 0 Å². The maximum absolute atomic E-state index is 11.4. The van der Waals surface area contributed by atoms with E-state index in [2.05, 4.69) is 0 Å². The monoisotopic (exact) mass is 532 g/mol. The summed E-state index contributed by atoms with van der Waals surface area (Å²) in [5.41, 5.74) is 0. The van der Waals surface area contributed by atoms with Gasteiger partial charge in [0.05, 0.1) is 13.2 Å². The molecule has 0 unspecified atom stereocenters. The number of hydrogen-bond acceptors (Lipinski definition) is 16. The highest BCUT2D eigenvalue weighted by Gasteiger charge is 2.55. The first-order valence-electron chi connectivity index (χ1n) is 11.0. The molecule has 3 aliphatic rings. The molecular weight excluding hydrogens is 500 g/mol. The van der Waals surface area contributed by atoms with E-state index in [0.717, 1.165) is 7.11 Å². The van der Waals surface area contributed by atoms with E-state index < -0.39 is 111 Å². The Morgan fingerprint density at radius 2 is 1.11 bits per heavy atom. The van der Waals surface area contributed by atoms with Crippen LogP contribution in [-0.2, 0) is 33.2 Å². The van der Waals surface area contributed by atoms with Crippen LogP contribution in [0.15, 0.2) is 0 Å². The van der Waals surface area contributed by atoms with Gasteiger partial charge in [-0.25, -0.2) is 4.79 Å². The molecule has 36 heavy (non-hydrogen) atoms. The first kappa shape index (κ1) is 29.4. The average Bonchev–Trinajstić information content (AvgIpc) is 2.86. The molecular formula is C19H32O17. The van der Waals surface area contributed by atoms with Crippen molar-refractivity contribution in [3.05, 3.63) is 0 Å². The van der Waals surface area contributed by atoms with Crippen molar-refractivity contribution in [2.24, 2.45) is 0 Å². The Kier molecular flexibility index (Phi) is 9.94. The van der Waals surface area contributed by atoms with Crippen LogP contribution in [0.4, 0.5) is 0 Å². The van der Waals surface area contributed by atoms with Crippen LogP contribution in [0, 0.1) is 0 Å². The van der Waals surface area contributed by atoms with Gasteiger partial charge in [-0.3, -0.25) is 0 Å². The highest BCUT2D eigenvalue weighted by molar-refractivity contribution is 5.73. The summed E-state index contributed by atoms with van der Waals surface area (Å²) in [4.78, 5) is 11.4. The van der Waals surface area contributed by atoms with Gasteiger partial charge in [0.15, 0.2) is 25.0 Å². The largest absolute Gasteiger partial charge is 0.479 e. The van der Waals surface area contributed by atoms with Crippen molar-refractivity contribution in [2.45, 2.75) is 92.1 Å². The molecule has 0 aromatic rings. The average molecular weight is 532 g/mol. The number of aliphatic carboxylic acids is 1. The van der Waals surface area contributed by atoms with Gasteiger partial charge in [0.2, 0.25) is 0 Å². The summed E-state index contributed by atoms with van der Waals surface area (Å²) in [5.74, 6) is -1.68. The molecule has 3 saturated heterocycles. The van der Waals surface area contributed by atoms with Crippen molar-refractivity contribution < 1.29 is 84.3 Å². The van der Waals surface area contributed by atoms with E-state index in [-0.39, 0.29) is 0 Å². The molecule has 0 aliphatic carbocycles. The second-order valence-corrected chi connectivity index (χ2v) is 8.59. The molecule has 0 aromatic carbocycles. The third-order valence-corrected chi connectivity index (χ3v) is 6.27. The molecule has 3 heterocycles. The Morgan fingerprint density at radius 3 is 1.64 bits per heavy atom. The molecule has 17 nitrogen and oxygen atoms in total. The van der Waals surface area contributed by atoms with E-state index in [9.17, 15) is 55.9 Å². The van der Waals surface area contributed by atoms with Crippen molar-refractivity contribution in [3.8, 4) is 0 Å². The fourth-order valence-electron chi connectivity index (χ4n) is 4.19. The maximum atomic E-state index is 11.4. The van der Waals surface area contributed by atoms with Gasteiger partial charge in [0, 0.05) is 7.11 Å². The van der Waals surface area contributed by atoms with E-state index >= 15 is 0 Å². The predicted molar refractivity (Wildman–Crippen MR) is 107 cm³/mol. The molecule has 0 saturated carbocycles. The number of aliphatic hydroxyl groups is 9. The molecule has 0 aromatic heterocycles. The third kappa shape index (κ3) is 5.65. The number of carboxylic acids is 1. The fraction of sp³-hybridized carbons (Fsp3) is 0.947. The second-order valence-electron chi connectivity index (χ2n) is 8.59. The van der Waals surface area contributed by atoms with Crippen molar-refractivity contribution in [1.82, 2.24) is 0 Å². The molecule has 0 amide bonds. The van der Waals surface area contributed by atoms with Crippen LogP contribution in [-0.4, -0.2) is 169 Å². The Labute approximate surface area is 203 Å². The molecule has 3 fully saturated rings. The SMILES string of the molecule is CO[C@@H]1O[C@H](CO)[C@@H](O)[C@H](O[C@H]2O[C@@H](CO)[C@H](O)[C@@H](O)[C@@H]2O)[C@H]1O[C@H]1O[C@@H](C(=O)O)[C@H](O)[C@@H](O)[C@@H]1O. The number of rotatable bonds is 8. The summed E-state index contributed by atoms with van der Waals surface area (Å²) < 4.78 is 32.1. The lowest BCUT2D eigenvalue weighted by Gasteiger charge is -2.48. The van der Waals surface area contributed by atoms with Gasteiger partial charge in [-0.2, -0.15) is 0 Å². The van der Waals surface area contributed by atoms with Crippen molar-refractivity contribution in [2.75, 3.05) is 20.3 Å². The minimum atomic E-state index is -2.02. The van der Waals surface area contributed by atoms with Crippen molar-refractivity contribution >= 4 is 5.97 Å². The topological polar surface area (TPSA) is 275 Å². The number of carboxylic acid groups (broad SMARTS) is 1. The summed E-state index contributed by atoms with van der Waals surface area (Å²) in [5, 5.41) is 99.6. The molecule has 3 rings (SSSR count). The fourth-order valence-corrected chi connectivity index (χ4v) is 4.19. The Balaban J connectivity index is 1.88. The first-order valence-corrected chi connectivity index (χ1v) is 11.0. The predicted octanol–water partition coefficient (Wildman–Crippen LogP) is -6.83. The molecule has 0 spiro atoms. The van der Waals surface area contributed by atoms with Gasteiger partial charge >= 0.3 is 5.97 Å². The normalized spacial score (nSPS) is 50.1. The van der Waals surface area contributed by atoms with Crippen LogP contribution >= 0.6 is 0 Å². The number of aliphatic hydroxyl groups excluding tert-OH is 9. The smallest absolute Gasteiger partial charge is 0.335 e. The van der Waals surface area contributed by atoms with Crippen LogP contribution < -0.4 is 0 Å². The van der Waals surface area contributed by atoms with Crippen molar-refractivity contribution in [1.29, 1.82) is 0 Å². The Bertz CT molecular complexity index is 724. The Hall–Kier alpha value is -1.13. The second kappa shape index (κ2) is 12.2. The zero-order chi connectivity index (χ0) is 26.9. The summed E-state index contributed by atoms with van der Waals surface area (Å²) in [6, 6.07) is 0. The molecule has 210 valence electrons. The van der Waals surface area contributed by atoms with Crippen LogP contribution in [0.25, 0.3) is 0 Å². The van der Waals surface area contributed by atoms with Gasteiger partial charge in [-0.1, -0.05) is 0 Å². The molecule has 0 bridgehead atoms. The van der Waals surface area contributed by atoms with Gasteiger partial charge in [-0.15, -0.1) is 0 Å². The maximum Gasteiger partial charge on any atom is 0.335 e. The van der Waals surface area contributed by atoms with Gasteiger partial charge in [0.25, 0.3) is 0 Å². The van der Waals surface area contributed by atoms with E-state index in [4.69, 9.17) is 28.4 Å². The Morgan fingerprint density at radius 1 is 0.639 bits per heavy atom. The third-order valence-electron chi connectivity index (χ3n) is 6.27. The zero-order valence-electron chi connectivity index (χ0n) is 18.9. The lowest BCUT2D eigenvalue weighted by Crippen LogP contribution is -2.67. The lowest BCUT2D eigenvalue weighted by atomic mass is 9.96. The van der Waals surface area contributed by atoms with Gasteiger partial charge in [-0.05, 0) is 0 Å². The van der Waals surface area contributed by atoms with Crippen molar-refractivity contribution in [3.63, 3.8) is 0 Å². The van der Waals surface area contributed by atoms with Gasteiger partial charge in [0.1, 0.15) is 67.1 Å². The summed E-state index contributed by atoms with van der Waals surface area (Å²) in [6.07, 6.45) is -26.4. The molecule has 3 aliphatic heterocycles. The molecule has 0 radical (unpaired) electrons. The summed E-state index contributed by atoms with van der Waals surface area (Å²) in [6.45, 7) is -1.53. The molecule has 17 heteroatoms. The van der Waals surface area contributed by atoms with Gasteiger partial charge < -0.3 is 79.5 Å². The number of methoxy groups -OCH3 is 1. The number of carbonyl (C=O) groups is 1. The standard InChI is InChI=1S/C19H32O17/c1-31-19-15(36-18-12(28)9(25)10(26)14(35-18)16(29)30)13(7(23)5(3-21)33-19)34-17-11(27)8(24)6(22)4(2-20)32-17/h4-15,17-28H,2-3H2,1H3,(H,29,30)/t4-,5+,6-,7+,8+,9+,10+,11-,12-,13-,14+,15+,17+,18+,19+/m0/s1. The number of ether oxygens (including phenoxy) is 6. The quantitative estimate of drug-likeness (QED) is 0.139. The highest BCUT2D eigenvalue weighted by Crippen LogP contribution is 2.33. The minimum Gasteiger partial charge on any atom is -0.479 e. The van der Waals surface area contributed by atoms with Crippen LogP contribution in [0.3, 0.4) is 0 Å². The minimum absolute atomic E-state index is 0.753. The van der Waals surface area contributed by atoms with Crippen LogP contribution in [0.1, 0.15) is 0 Å². The molecule has 10 N–H and O–H groups in total. The van der Waals surface area contributed by atoms with E-state index in [1.165, 1.54) is 0 Å². The lowest BCUT2D eigenvalue weighted by molar-refractivity contribution is -0.388. The molecule has 15 atom stereocenters. The summed E-state index contributed by atoms with van der Waals surface area (Å²) >= 11 is 0. The van der Waals surface area contributed by atoms with E-state index in [1.807, 2.05) is 0 Å². The number of hydrogen-bond donors (Lipinski definition) is 10. The highest BCUT2D eigenvalue weighted by atomic mass is 16.8. The van der Waals surface area contributed by atoms with Crippen LogP contribution in [0.2, 0.25) is 0 Å². The van der Waals surface area contributed by atoms with E-state index in [1.54, 1.807) is 0 Å². The van der Waals surface area contributed by atoms with E-state index in [0.29, 0.717) is 0 Å².